The van der Waals surface area contributed by atoms with E-state index in [1.807, 2.05) is 13.0 Å². The second kappa shape index (κ2) is 2.62. The van der Waals surface area contributed by atoms with Crippen molar-refractivity contribution in [3.63, 3.8) is 0 Å². The predicted octanol–water partition coefficient (Wildman–Crippen LogP) is 1.75. The maximum atomic E-state index is 4.02. The van der Waals surface area contributed by atoms with Gasteiger partial charge in [0.25, 0.3) is 0 Å². The molecule has 0 amide bonds. The molecular weight excluding hydrogens is 110 g/mol. The highest BCUT2D eigenvalue weighted by molar-refractivity contribution is 5.11. The first kappa shape index (κ1) is 6.27. The monoisotopic (exact) mass is 120 g/mol. The molecular formula is C8H10N. The lowest BCUT2D eigenvalue weighted by Crippen LogP contribution is -1.84. The van der Waals surface area contributed by atoms with Crippen LogP contribution in [0.3, 0.4) is 0 Å². The molecule has 9 heavy (non-hydrogen) atoms. The van der Waals surface area contributed by atoms with Gasteiger partial charge in [0, 0.05) is 5.69 Å². The minimum absolute atomic E-state index is 1.02. The third kappa shape index (κ3) is 1.53. The Balaban J connectivity index is 2.88. The van der Waals surface area contributed by atoms with Crippen molar-refractivity contribution in [2.75, 3.05) is 0 Å². The molecule has 0 atom stereocenters. The van der Waals surface area contributed by atoms with Gasteiger partial charge in [-0.25, -0.2) is 0 Å². The summed E-state index contributed by atoms with van der Waals surface area (Å²) < 4.78 is 0. The third-order valence-corrected chi connectivity index (χ3v) is 1.28. The number of aryl methyl sites for hydroxylation is 2. The molecule has 0 bridgehead atoms. The molecule has 1 nitrogen and oxygen atoms in total. The number of nitrogens with zero attached hydrogens (tertiary/aromatic N) is 1. The van der Waals surface area contributed by atoms with Crippen molar-refractivity contribution in [1.82, 2.24) is 4.98 Å². The van der Waals surface area contributed by atoms with E-state index in [0.717, 1.165) is 12.1 Å². The number of aromatic nitrogens is 1. The summed E-state index contributed by atoms with van der Waals surface area (Å²) in [6.45, 7) is 4.07. The van der Waals surface area contributed by atoms with Crippen molar-refractivity contribution in [3.05, 3.63) is 29.6 Å². The normalized spacial score (nSPS) is 9.56. The zero-order valence-electron chi connectivity index (χ0n) is 5.81. The van der Waals surface area contributed by atoms with E-state index in [1.54, 1.807) is 0 Å². The smallest absolute Gasteiger partial charge is 0.0924 e. The van der Waals surface area contributed by atoms with E-state index in [1.165, 1.54) is 5.56 Å². The first-order valence-electron chi connectivity index (χ1n) is 3.17. The van der Waals surface area contributed by atoms with E-state index < -0.39 is 0 Å². The number of hydrogen-bond acceptors (Lipinski definition) is 1. The zero-order valence-corrected chi connectivity index (χ0v) is 5.81. The molecule has 0 fully saturated rings. The molecule has 0 saturated carbocycles. The summed E-state index contributed by atoms with van der Waals surface area (Å²) in [5.41, 5.74) is 2.22. The van der Waals surface area contributed by atoms with E-state index >= 15 is 0 Å². The Hall–Kier alpha value is -0.850. The van der Waals surface area contributed by atoms with Gasteiger partial charge in [-0.05, 0) is 25.0 Å². The third-order valence-electron chi connectivity index (χ3n) is 1.28. The van der Waals surface area contributed by atoms with Crippen LogP contribution < -0.4 is 0 Å². The summed E-state index contributed by atoms with van der Waals surface area (Å²) in [5, 5.41) is 0. The van der Waals surface area contributed by atoms with Crippen LogP contribution in [-0.2, 0) is 6.42 Å². The van der Waals surface area contributed by atoms with Gasteiger partial charge >= 0.3 is 0 Å². The fourth-order valence-corrected chi connectivity index (χ4v) is 0.653. The highest BCUT2D eigenvalue weighted by Gasteiger charge is 1.87. The number of pyridine rings is 1. The number of rotatable bonds is 1. The van der Waals surface area contributed by atoms with Gasteiger partial charge in [-0.3, -0.25) is 4.98 Å². The van der Waals surface area contributed by atoms with E-state index in [4.69, 9.17) is 0 Å². The van der Waals surface area contributed by atoms with E-state index in [9.17, 15) is 0 Å². The van der Waals surface area contributed by atoms with Gasteiger partial charge < -0.3 is 0 Å². The van der Waals surface area contributed by atoms with Crippen LogP contribution in [-0.4, -0.2) is 4.98 Å². The fourth-order valence-electron chi connectivity index (χ4n) is 0.653. The summed E-state index contributed by atoms with van der Waals surface area (Å²) in [5.74, 6) is 0. The Morgan fingerprint density at radius 3 is 2.78 bits per heavy atom. The molecule has 0 aromatic carbocycles. The quantitative estimate of drug-likeness (QED) is 0.550. The van der Waals surface area contributed by atoms with Crippen LogP contribution in [0, 0.1) is 13.1 Å². The Labute approximate surface area is 55.7 Å². The van der Waals surface area contributed by atoms with Gasteiger partial charge in [-0.2, -0.15) is 0 Å². The topological polar surface area (TPSA) is 12.9 Å². The summed E-state index contributed by atoms with van der Waals surface area (Å²) in [4.78, 5) is 4.02. The molecule has 1 radical (unpaired) electrons. The lowest BCUT2D eigenvalue weighted by atomic mass is 10.2. The standard InChI is InChI=1S/C8H10N/c1-3-8-5-4-7(2)9-6-8/h4-5H,3H2,1-2H3. The molecule has 0 saturated heterocycles. The van der Waals surface area contributed by atoms with Crippen LogP contribution in [0.15, 0.2) is 12.1 Å². The highest BCUT2D eigenvalue weighted by atomic mass is 14.6. The van der Waals surface area contributed by atoms with Gasteiger partial charge in [-0.15, -0.1) is 0 Å². The molecule has 0 spiro atoms. The molecule has 0 N–H and O–H groups in total. The summed E-state index contributed by atoms with van der Waals surface area (Å²) >= 11 is 0. The Bertz CT molecular complexity index is 176. The van der Waals surface area contributed by atoms with Gasteiger partial charge in [0.2, 0.25) is 0 Å². The Morgan fingerprint density at radius 1 is 1.56 bits per heavy atom. The van der Waals surface area contributed by atoms with Crippen molar-refractivity contribution in [3.8, 4) is 0 Å². The molecule has 1 aromatic rings. The lowest BCUT2D eigenvalue weighted by molar-refractivity contribution is 1.07. The maximum Gasteiger partial charge on any atom is 0.0924 e. The van der Waals surface area contributed by atoms with Crippen LogP contribution in [0.5, 0.6) is 0 Å². The van der Waals surface area contributed by atoms with E-state index in [0.29, 0.717) is 0 Å². The first-order chi connectivity index (χ1) is 4.33. The molecule has 0 aliphatic heterocycles. The van der Waals surface area contributed by atoms with Crippen LogP contribution in [0.2, 0.25) is 0 Å². The molecule has 1 heteroatoms. The first-order valence-corrected chi connectivity index (χ1v) is 3.17. The lowest BCUT2D eigenvalue weighted by Gasteiger charge is -1.92. The molecule has 0 aliphatic rings. The SMILES string of the molecule is CCc1[c]nc(C)cc1. The average molecular weight is 120 g/mol. The van der Waals surface area contributed by atoms with Crippen molar-refractivity contribution in [2.45, 2.75) is 20.3 Å². The summed E-state index contributed by atoms with van der Waals surface area (Å²) in [6, 6.07) is 4.07. The van der Waals surface area contributed by atoms with Gasteiger partial charge in [0.1, 0.15) is 0 Å². The van der Waals surface area contributed by atoms with Crippen molar-refractivity contribution < 1.29 is 0 Å². The summed E-state index contributed by atoms with van der Waals surface area (Å²) in [7, 11) is 0. The predicted molar refractivity (Wildman–Crippen MR) is 37.2 cm³/mol. The minimum atomic E-state index is 1.02. The molecule has 1 heterocycles. The van der Waals surface area contributed by atoms with Crippen molar-refractivity contribution >= 4 is 0 Å². The highest BCUT2D eigenvalue weighted by Crippen LogP contribution is 1.97. The molecule has 1 rings (SSSR count). The fraction of sp³-hybridized carbons (Fsp3) is 0.375. The minimum Gasteiger partial charge on any atom is -0.251 e. The summed E-state index contributed by atoms with van der Waals surface area (Å²) in [6.07, 6.45) is 3.96. The second-order valence-corrected chi connectivity index (χ2v) is 2.08. The van der Waals surface area contributed by atoms with Crippen LogP contribution in [0.1, 0.15) is 18.2 Å². The molecule has 1 aromatic heterocycles. The Morgan fingerprint density at radius 2 is 2.33 bits per heavy atom. The molecule has 47 valence electrons. The second-order valence-electron chi connectivity index (χ2n) is 2.08. The zero-order chi connectivity index (χ0) is 6.69. The van der Waals surface area contributed by atoms with Gasteiger partial charge in [0.05, 0.1) is 6.20 Å². The van der Waals surface area contributed by atoms with Crippen LogP contribution >= 0.6 is 0 Å². The molecule has 0 aliphatic carbocycles. The van der Waals surface area contributed by atoms with E-state index in [-0.39, 0.29) is 0 Å². The van der Waals surface area contributed by atoms with Crippen LogP contribution in [0.4, 0.5) is 0 Å². The van der Waals surface area contributed by atoms with Crippen LogP contribution in [0.25, 0.3) is 0 Å². The van der Waals surface area contributed by atoms with Gasteiger partial charge in [0.15, 0.2) is 0 Å². The van der Waals surface area contributed by atoms with E-state index in [2.05, 4.69) is 24.2 Å². The number of hydrogen-bond donors (Lipinski definition) is 0. The van der Waals surface area contributed by atoms with Crippen molar-refractivity contribution in [1.29, 1.82) is 0 Å². The van der Waals surface area contributed by atoms with Crippen molar-refractivity contribution in [2.24, 2.45) is 0 Å². The Kier molecular flexibility index (Phi) is 1.83. The largest absolute Gasteiger partial charge is 0.251 e. The average Bonchev–Trinajstić information content (AvgIpc) is 1.90. The molecule has 0 unspecified atom stereocenters. The maximum absolute atomic E-state index is 4.02. The van der Waals surface area contributed by atoms with Gasteiger partial charge in [-0.1, -0.05) is 13.0 Å².